The first-order chi connectivity index (χ1) is 4.79. The fraction of sp³-hybridized carbons (Fsp3) is 1.00. The molecular formula is C8H14O2. The van der Waals surface area contributed by atoms with Gasteiger partial charge in [-0.15, -0.1) is 0 Å². The third kappa shape index (κ3) is 0.789. The first-order valence-electron chi connectivity index (χ1n) is 4.02. The number of ether oxygens (including phenoxy) is 2. The summed E-state index contributed by atoms with van der Waals surface area (Å²) in [6, 6.07) is 0. The highest BCUT2D eigenvalue weighted by Crippen LogP contribution is 2.38. The summed E-state index contributed by atoms with van der Waals surface area (Å²) >= 11 is 0. The van der Waals surface area contributed by atoms with E-state index in [9.17, 15) is 0 Å². The molecule has 2 heteroatoms. The Morgan fingerprint density at radius 1 is 1.20 bits per heavy atom. The van der Waals surface area contributed by atoms with Crippen LogP contribution in [0.1, 0.15) is 20.3 Å². The predicted octanol–water partition coefficient (Wildman–Crippen LogP) is 1.40. The zero-order valence-electron chi connectivity index (χ0n) is 6.54. The molecule has 1 saturated heterocycles. The van der Waals surface area contributed by atoms with Gasteiger partial charge in [0, 0.05) is 0 Å². The molecule has 2 rings (SSSR count). The second-order valence-electron chi connectivity index (χ2n) is 3.53. The van der Waals surface area contributed by atoms with Gasteiger partial charge in [-0.25, -0.2) is 0 Å². The average Bonchev–Trinajstić information content (AvgIpc) is 2.41. The van der Waals surface area contributed by atoms with Crippen LogP contribution in [0.3, 0.4) is 0 Å². The lowest BCUT2D eigenvalue weighted by atomic mass is 9.99. The van der Waals surface area contributed by atoms with Gasteiger partial charge in [-0.05, 0) is 18.3 Å². The van der Waals surface area contributed by atoms with E-state index >= 15 is 0 Å². The van der Waals surface area contributed by atoms with E-state index in [1.807, 2.05) is 0 Å². The van der Waals surface area contributed by atoms with Crippen LogP contribution < -0.4 is 0 Å². The van der Waals surface area contributed by atoms with Crippen LogP contribution in [0.4, 0.5) is 0 Å². The first kappa shape index (κ1) is 6.62. The Labute approximate surface area is 61.5 Å². The van der Waals surface area contributed by atoms with Gasteiger partial charge in [0.15, 0.2) is 0 Å². The fourth-order valence-corrected chi connectivity index (χ4v) is 2.00. The van der Waals surface area contributed by atoms with E-state index in [1.165, 1.54) is 6.42 Å². The van der Waals surface area contributed by atoms with Crippen LogP contribution >= 0.6 is 0 Å². The van der Waals surface area contributed by atoms with Gasteiger partial charge >= 0.3 is 0 Å². The van der Waals surface area contributed by atoms with E-state index in [1.54, 1.807) is 0 Å². The predicted molar refractivity (Wildman–Crippen MR) is 37.6 cm³/mol. The van der Waals surface area contributed by atoms with E-state index in [0.717, 1.165) is 5.92 Å². The molecule has 0 bridgehead atoms. The smallest absolute Gasteiger partial charge is 0.147 e. The Morgan fingerprint density at radius 3 is 2.70 bits per heavy atom. The Balaban J connectivity index is 2.09. The number of hydrogen-bond acceptors (Lipinski definition) is 2. The number of hydrogen-bond donors (Lipinski definition) is 0. The van der Waals surface area contributed by atoms with Crippen molar-refractivity contribution in [2.24, 2.45) is 11.8 Å². The molecule has 0 radical (unpaired) electrons. The van der Waals surface area contributed by atoms with Crippen molar-refractivity contribution in [2.75, 3.05) is 6.79 Å². The summed E-state index contributed by atoms with van der Waals surface area (Å²) in [5, 5.41) is 0. The van der Waals surface area contributed by atoms with Crippen LogP contribution in [0, 0.1) is 11.8 Å². The summed E-state index contributed by atoms with van der Waals surface area (Å²) in [6.07, 6.45) is 1.99. The third-order valence-corrected chi connectivity index (χ3v) is 2.93. The highest BCUT2D eigenvalue weighted by atomic mass is 16.7. The summed E-state index contributed by atoms with van der Waals surface area (Å²) in [4.78, 5) is 0. The minimum absolute atomic E-state index is 0.398. The lowest BCUT2D eigenvalue weighted by Gasteiger charge is -2.13. The first-order valence-corrected chi connectivity index (χ1v) is 4.02. The van der Waals surface area contributed by atoms with Crippen LogP contribution in [0.25, 0.3) is 0 Å². The molecule has 0 aromatic rings. The molecule has 2 nitrogen and oxygen atoms in total. The largest absolute Gasteiger partial charge is 0.349 e. The molecule has 2 fully saturated rings. The van der Waals surface area contributed by atoms with Crippen LogP contribution in [0.15, 0.2) is 0 Å². The molecular weight excluding hydrogens is 128 g/mol. The normalized spacial score (nSPS) is 53.4. The van der Waals surface area contributed by atoms with Crippen molar-refractivity contribution in [2.45, 2.75) is 32.5 Å². The summed E-state index contributed by atoms with van der Waals surface area (Å²) in [7, 11) is 0. The lowest BCUT2D eigenvalue weighted by Crippen LogP contribution is -2.20. The zero-order valence-corrected chi connectivity index (χ0v) is 6.54. The molecule has 0 N–H and O–H groups in total. The molecule has 0 aromatic heterocycles. The number of fused-ring (bicyclic) bond motifs is 1. The Morgan fingerprint density at radius 2 is 2.00 bits per heavy atom. The third-order valence-electron chi connectivity index (χ3n) is 2.93. The highest BCUT2D eigenvalue weighted by Gasteiger charge is 2.43. The molecule has 0 spiro atoms. The van der Waals surface area contributed by atoms with Crippen molar-refractivity contribution in [3.8, 4) is 0 Å². The Bertz CT molecular complexity index is 133. The van der Waals surface area contributed by atoms with E-state index in [4.69, 9.17) is 9.47 Å². The standard InChI is InChI=1S/C8H14O2/c1-5-3-7-8(6(5)2)10-4-9-7/h5-8H,3-4H2,1-2H3. The average molecular weight is 142 g/mol. The fourth-order valence-electron chi connectivity index (χ4n) is 2.00. The Hall–Kier alpha value is -0.0800. The van der Waals surface area contributed by atoms with Crippen LogP contribution in [-0.4, -0.2) is 19.0 Å². The van der Waals surface area contributed by atoms with Crippen molar-refractivity contribution in [3.63, 3.8) is 0 Å². The lowest BCUT2D eigenvalue weighted by molar-refractivity contribution is 0.0112. The molecule has 10 heavy (non-hydrogen) atoms. The molecule has 0 amide bonds. The summed E-state index contributed by atoms with van der Waals surface area (Å²) < 4.78 is 10.8. The molecule has 4 atom stereocenters. The molecule has 1 aliphatic carbocycles. The van der Waals surface area contributed by atoms with Crippen molar-refractivity contribution >= 4 is 0 Å². The maximum absolute atomic E-state index is 5.44. The van der Waals surface area contributed by atoms with Crippen molar-refractivity contribution in [3.05, 3.63) is 0 Å². The van der Waals surface area contributed by atoms with E-state index in [2.05, 4.69) is 13.8 Å². The quantitative estimate of drug-likeness (QED) is 0.509. The van der Waals surface area contributed by atoms with Gasteiger partial charge in [-0.1, -0.05) is 13.8 Å². The Kier molecular flexibility index (Phi) is 1.46. The van der Waals surface area contributed by atoms with Crippen LogP contribution in [-0.2, 0) is 9.47 Å². The van der Waals surface area contributed by atoms with Gasteiger partial charge in [0.1, 0.15) is 6.79 Å². The van der Waals surface area contributed by atoms with Crippen molar-refractivity contribution < 1.29 is 9.47 Å². The molecule has 58 valence electrons. The van der Waals surface area contributed by atoms with Gasteiger partial charge < -0.3 is 9.47 Å². The van der Waals surface area contributed by atoms with Crippen molar-refractivity contribution in [1.29, 1.82) is 0 Å². The molecule has 1 heterocycles. The highest BCUT2D eigenvalue weighted by molar-refractivity contribution is 4.90. The molecule has 0 aromatic carbocycles. The molecule has 1 saturated carbocycles. The zero-order chi connectivity index (χ0) is 7.14. The monoisotopic (exact) mass is 142 g/mol. The molecule has 4 unspecified atom stereocenters. The van der Waals surface area contributed by atoms with Gasteiger partial charge in [-0.2, -0.15) is 0 Å². The second-order valence-corrected chi connectivity index (χ2v) is 3.53. The van der Waals surface area contributed by atoms with E-state index < -0.39 is 0 Å². The minimum atomic E-state index is 0.398. The second kappa shape index (κ2) is 2.21. The van der Waals surface area contributed by atoms with E-state index in [-0.39, 0.29) is 0 Å². The SMILES string of the molecule is CC1CC2OCOC2C1C. The van der Waals surface area contributed by atoms with Crippen LogP contribution in [0.5, 0.6) is 0 Å². The minimum Gasteiger partial charge on any atom is -0.349 e. The van der Waals surface area contributed by atoms with Crippen molar-refractivity contribution in [1.82, 2.24) is 0 Å². The van der Waals surface area contributed by atoms with E-state index in [0.29, 0.717) is 24.9 Å². The van der Waals surface area contributed by atoms with Gasteiger partial charge in [-0.3, -0.25) is 0 Å². The van der Waals surface area contributed by atoms with Crippen LogP contribution in [0.2, 0.25) is 0 Å². The summed E-state index contributed by atoms with van der Waals surface area (Å²) in [5.41, 5.74) is 0. The number of rotatable bonds is 0. The van der Waals surface area contributed by atoms with Gasteiger partial charge in [0.25, 0.3) is 0 Å². The summed E-state index contributed by atoms with van der Waals surface area (Å²) in [5.74, 6) is 1.46. The maximum Gasteiger partial charge on any atom is 0.147 e. The molecule has 1 aliphatic heterocycles. The topological polar surface area (TPSA) is 18.5 Å². The maximum atomic E-state index is 5.44. The van der Waals surface area contributed by atoms with Gasteiger partial charge in [0.05, 0.1) is 12.2 Å². The van der Waals surface area contributed by atoms with Gasteiger partial charge in [0.2, 0.25) is 0 Å². The molecule has 2 aliphatic rings. The summed E-state index contributed by atoms with van der Waals surface area (Å²) in [6.45, 7) is 5.05.